The average Bonchev–Trinajstić information content (AvgIpc) is 3.66. The fourth-order valence-corrected chi connectivity index (χ4v) is 5.87. The van der Waals surface area contributed by atoms with E-state index in [0.717, 1.165) is 21.7 Å². The summed E-state index contributed by atoms with van der Waals surface area (Å²) in [5, 5.41) is 9.17. The van der Waals surface area contributed by atoms with E-state index in [-0.39, 0.29) is 43.5 Å². The minimum atomic E-state index is -0.809. The monoisotopic (exact) mass is 673 g/mol. The lowest BCUT2D eigenvalue weighted by Crippen LogP contribution is -2.57. The summed E-state index contributed by atoms with van der Waals surface area (Å²) in [4.78, 5) is 49.0. The van der Waals surface area contributed by atoms with Gasteiger partial charge in [-0.25, -0.2) is 4.98 Å². The van der Waals surface area contributed by atoms with Crippen LogP contribution in [0.25, 0.3) is 20.9 Å². The molecule has 0 aliphatic carbocycles. The Kier molecular flexibility index (Phi) is 15.5. The lowest BCUT2D eigenvalue weighted by molar-refractivity contribution is -0.143. The second kappa shape index (κ2) is 19.3. The molecule has 2 heterocycles. The van der Waals surface area contributed by atoms with Crippen LogP contribution in [0.5, 0.6) is 0 Å². The highest BCUT2D eigenvalue weighted by Crippen LogP contribution is 2.29. The summed E-state index contributed by atoms with van der Waals surface area (Å²) in [7, 11) is 0. The van der Waals surface area contributed by atoms with Crippen molar-refractivity contribution in [2.24, 2.45) is 10.5 Å². The maximum absolute atomic E-state index is 13.8. The zero-order valence-corrected chi connectivity index (χ0v) is 28.7. The highest BCUT2D eigenvalue weighted by atomic mass is 32.1. The van der Waals surface area contributed by atoms with Gasteiger partial charge in [0.15, 0.2) is 0 Å². The van der Waals surface area contributed by atoms with Gasteiger partial charge in [0, 0.05) is 37.9 Å². The number of carbonyl (C=O) groups is 3. The van der Waals surface area contributed by atoms with Gasteiger partial charge in [0.2, 0.25) is 17.7 Å². The van der Waals surface area contributed by atoms with Gasteiger partial charge in [-0.1, -0.05) is 50.2 Å². The lowest BCUT2D eigenvalue weighted by atomic mass is 9.85. The number of hydrogen-bond acceptors (Lipinski definition) is 10. The van der Waals surface area contributed by atoms with Crippen LogP contribution in [-0.2, 0) is 39.9 Å². The van der Waals surface area contributed by atoms with Crippen molar-refractivity contribution < 1.29 is 33.3 Å². The number of ether oxygens (including phenoxy) is 4. The molecule has 15 heteroatoms. The van der Waals surface area contributed by atoms with Crippen LogP contribution in [0.2, 0.25) is 0 Å². The summed E-state index contributed by atoms with van der Waals surface area (Å²) < 4.78 is 22.4. The van der Waals surface area contributed by atoms with Gasteiger partial charge >= 0.3 is 0 Å². The number of thiazole rings is 1. The predicted octanol–water partition coefficient (Wildman–Crippen LogP) is 3.63. The maximum Gasteiger partial charge on any atom is 0.246 e. The van der Waals surface area contributed by atoms with Crippen molar-refractivity contribution in [1.29, 1.82) is 0 Å². The number of hydrogen-bond donors (Lipinski definition) is 2. The minimum Gasteiger partial charge on any atom is -0.379 e. The molecule has 0 radical (unpaired) electrons. The Morgan fingerprint density at radius 3 is 2.28 bits per heavy atom. The van der Waals surface area contributed by atoms with E-state index in [4.69, 9.17) is 24.5 Å². The molecule has 3 unspecified atom stereocenters. The summed E-state index contributed by atoms with van der Waals surface area (Å²) in [6.45, 7) is 12.3. The third kappa shape index (κ3) is 12.5. The molecule has 258 valence electrons. The van der Waals surface area contributed by atoms with Crippen LogP contribution in [0, 0.1) is 12.3 Å². The predicted molar refractivity (Wildman–Crippen MR) is 178 cm³/mol. The third-order valence-electron chi connectivity index (χ3n) is 7.46. The fraction of sp³-hybridized carbons (Fsp3) is 0.625. The SMILES string of the molecule is CC(=O)NC(C(=O)N1CC(OCCOCCOCCOCCN=[N+]=[N-])CC1C(=O)NCc1ccc(-c2scnc2C)cc1)C(C)(C)C. The number of nitrogens with one attached hydrogen (secondary N) is 2. The molecule has 0 bridgehead atoms. The number of aromatic nitrogens is 1. The maximum atomic E-state index is 13.8. The van der Waals surface area contributed by atoms with Gasteiger partial charge in [-0.15, -0.1) is 11.3 Å². The van der Waals surface area contributed by atoms with Gasteiger partial charge in [0.25, 0.3) is 0 Å². The number of nitrogens with zero attached hydrogens (tertiary/aromatic N) is 5. The number of rotatable bonds is 19. The summed E-state index contributed by atoms with van der Waals surface area (Å²) in [6, 6.07) is 6.40. The lowest BCUT2D eigenvalue weighted by Gasteiger charge is -2.35. The smallest absolute Gasteiger partial charge is 0.246 e. The van der Waals surface area contributed by atoms with Crippen LogP contribution < -0.4 is 10.6 Å². The molecular weight excluding hydrogens is 626 g/mol. The number of azide groups is 1. The zero-order chi connectivity index (χ0) is 34.2. The standard InChI is InChI=1S/C32H47N7O7S/c1-22-28(47-21-35-22)25-8-6-24(7-9-25)19-34-30(41)27-18-26(20-39(27)31(42)29(32(3,4)5)37-23(2)40)46-17-16-45-15-14-44-13-12-43-11-10-36-38-33/h6-9,21,26-27,29H,10-20H2,1-5H3,(H,34,41)(H,37,40). The molecule has 1 aromatic heterocycles. The molecule has 1 saturated heterocycles. The van der Waals surface area contributed by atoms with Gasteiger partial charge < -0.3 is 34.5 Å². The zero-order valence-electron chi connectivity index (χ0n) is 27.9. The molecule has 3 amide bonds. The Balaban J connectivity index is 1.52. The van der Waals surface area contributed by atoms with E-state index in [1.165, 1.54) is 11.8 Å². The van der Waals surface area contributed by atoms with E-state index < -0.39 is 17.5 Å². The van der Waals surface area contributed by atoms with E-state index in [2.05, 4.69) is 25.6 Å². The van der Waals surface area contributed by atoms with E-state index >= 15 is 0 Å². The minimum absolute atomic E-state index is 0.217. The first kappa shape index (κ1) is 37.9. The Hall–Kier alpha value is -3.59. The van der Waals surface area contributed by atoms with Crippen molar-refractivity contribution >= 4 is 29.1 Å². The molecule has 0 spiro atoms. The number of amides is 3. The van der Waals surface area contributed by atoms with Gasteiger partial charge in [0.05, 0.1) is 68.4 Å². The molecular formula is C32H47N7O7S. The highest BCUT2D eigenvalue weighted by molar-refractivity contribution is 7.13. The highest BCUT2D eigenvalue weighted by Gasteiger charge is 2.45. The number of aryl methyl sites for hydroxylation is 1. The van der Waals surface area contributed by atoms with Crippen LogP contribution in [0.4, 0.5) is 0 Å². The van der Waals surface area contributed by atoms with Crippen molar-refractivity contribution in [3.8, 4) is 10.4 Å². The molecule has 1 fully saturated rings. The van der Waals surface area contributed by atoms with E-state index in [1.807, 2.05) is 57.5 Å². The first-order valence-corrected chi connectivity index (χ1v) is 16.6. The quantitative estimate of drug-likeness (QED) is 0.0983. The van der Waals surface area contributed by atoms with Gasteiger partial charge in [-0.3, -0.25) is 14.4 Å². The Morgan fingerprint density at radius 2 is 1.70 bits per heavy atom. The second-order valence-electron chi connectivity index (χ2n) is 12.2. The van der Waals surface area contributed by atoms with Gasteiger partial charge in [-0.05, 0) is 29.0 Å². The van der Waals surface area contributed by atoms with Gasteiger partial charge in [-0.2, -0.15) is 0 Å². The molecule has 1 aromatic carbocycles. The largest absolute Gasteiger partial charge is 0.379 e. The first-order valence-electron chi connectivity index (χ1n) is 15.7. The molecule has 3 atom stereocenters. The number of carbonyl (C=O) groups excluding carboxylic acids is 3. The molecule has 14 nitrogen and oxygen atoms in total. The molecule has 0 saturated carbocycles. The molecule has 1 aliphatic heterocycles. The van der Waals surface area contributed by atoms with Crippen LogP contribution in [0.15, 0.2) is 34.9 Å². The van der Waals surface area contributed by atoms with E-state index in [1.54, 1.807) is 11.3 Å². The molecule has 3 rings (SSSR count). The van der Waals surface area contributed by atoms with Gasteiger partial charge in [0.1, 0.15) is 12.1 Å². The van der Waals surface area contributed by atoms with E-state index in [9.17, 15) is 14.4 Å². The van der Waals surface area contributed by atoms with Crippen molar-refractivity contribution in [2.75, 3.05) is 59.3 Å². The van der Waals surface area contributed by atoms with Crippen molar-refractivity contribution in [3.05, 3.63) is 51.5 Å². The first-order chi connectivity index (χ1) is 22.5. The number of benzene rings is 1. The van der Waals surface area contributed by atoms with Crippen LogP contribution in [0.3, 0.4) is 0 Å². The summed E-state index contributed by atoms with van der Waals surface area (Å²) in [6.07, 6.45) is -0.0575. The van der Waals surface area contributed by atoms with Crippen LogP contribution >= 0.6 is 11.3 Å². The number of likely N-dealkylation sites (tertiary alicyclic amines) is 1. The van der Waals surface area contributed by atoms with E-state index in [0.29, 0.717) is 52.6 Å². The molecule has 2 N–H and O–H groups in total. The van der Waals surface area contributed by atoms with Crippen molar-refractivity contribution in [1.82, 2.24) is 20.5 Å². The summed E-state index contributed by atoms with van der Waals surface area (Å²) >= 11 is 1.58. The Labute approximate surface area is 280 Å². The Bertz CT molecular complexity index is 1340. The third-order valence-corrected chi connectivity index (χ3v) is 8.44. The summed E-state index contributed by atoms with van der Waals surface area (Å²) in [5.41, 5.74) is 12.5. The van der Waals surface area contributed by atoms with Crippen LogP contribution in [-0.4, -0.2) is 105 Å². The molecule has 2 aromatic rings. The molecule has 1 aliphatic rings. The van der Waals surface area contributed by atoms with Crippen molar-refractivity contribution in [2.45, 2.75) is 65.8 Å². The summed E-state index contributed by atoms with van der Waals surface area (Å²) in [5.74, 6) is -0.918. The average molecular weight is 674 g/mol. The van der Waals surface area contributed by atoms with Crippen LogP contribution in [0.1, 0.15) is 45.4 Å². The topological polar surface area (TPSA) is 177 Å². The second-order valence-corrected chi connectivity index (χ2v) is 13.1. The normalized spacial score (nSPS) is 16.8. The van der Waals surface area contributed by atoms with Crippen molar-refractivity contribution in [3.63, 3.8) is 0 Å². The fourth-order valence-electron chi connectivity index (χ4n) is 5.05. The molecule has 47 heavy (non-hydrogen) atoms. The Morgan fingerprint density at radius 1 is 1.06 bits per heavy atom.